The lowest BCUT2D eigenvalue weighted by atomic mass is 9.96. The Labute approximate surface area is 169 Å². The van der Waals surface area contributed by atoms with Gasteiger partial charge in [0.2, 0.25) is 5.95 Å². The van der Waals surface area contributed by atoms with Gasteiger partial charge in [-0.05, 0) is 49.2 Å². The Bertz CT molecular complexity index is 968. The summed E-state index contributed by atoms with van der Waals surface area (Å²) in [4.78, 5) is 26.2. The molecule has 0 spiro atoms. The van der Waals surface area contributed by atoms with Crippen LogP contribution in [0.25, 0.3) is 11.4 Å². The second kappa shape index (κ2) is 8.68. The lowest BCUT2D eigenvalue weighted by molar-refractivity contribution is 0.102. The van der Waals surface area contributed by atoms with Gasteiger partial charge < -0.3 is 16.4 Å². The second-order valence-corrected chi connectivity index (χ2v) is 7.23. The minimum absolute atomic E-state index is 0.251. The molecule has 7 nitrogen and oxygen atoms in total. The van der Waals surface area contributed by atoms with Crippen LogP contribution in [0.15, 0.2) is 54.7 Å². The van der Waals surface area contributed by atoms with Crippen LogP contribution in [0, 0.1) is 0 Å². The van der Waals surface area contributed by atoms with E-state index in [1.54, 1.807) is 36.5 Å². The van der Waals surface area contributed by atoms with Gasteiger partial charge in [0.1, 0.15) is 5.82 Å². The highest BCUT2D eigenvalue weighted by Crippen LogP contribution is 2.24. The van der Waals surface area contributed by atoms with Crippen LogP contribution < -0.4 is 16.4 Å². The predicted molar refractivity (Wildman–Crippen MR) is 115 cm³/mol. The maximum Gasteiger partial charge on any atom is 0.256 e. The number of nitrogens with zero attached hydrogens (tertiary/aromatic N) is 3. The molecular formula is C22H24N6O. The number of pyridine rings is 1. The van der Waals surface area contributed by atoms with E-state index in [9.17, 15) is 4.79 Å². The summed E-state index contributed by atoms with van der Waals surface area (Å²) in [7, 11) is 0. The lowest BCUT2D eigenvalue weighted by Gasteiger charge is -2.23. The molecule has 0 atom stereocenters. The number of hydrogen-bond donors (Lipinski definition) is 3. The van der Waals surface area contributed by atoms with Crippen molar-refractivity contribution >= 4 is 23.4 Å². The summed E-state index contributed by atoms with van der Waals surface area (Å²) < 4.78 is 0. The van der Waals surface area contributed by atoms with Crippen LogP contribution in [0.3, 0.4) is 0 Å². The Hall–Kier alpha value is -3.48. The first kappa shape index (κ1) is 18.9. The quantitative estimate of drug-likeness (QED) is 0.568. The van der Waals surface area contributed by atoms with Gasteiger partial charge in [-0.2, -0.15) is 4.98 Å². The Morgan fingerprint density at radius 2 is 1.76 bits per heavy atom. The van der Waals surface area contributed by atoms with Gasteiger partial charge in [0.05, 0.1) is 11.4 Å². The summed E-state index contributed by atoms with van der Waals surface area (Å²) >= 11 is 0. The number of nitrogens with one attached hydrogen (secondary N) is 2. The van der Waals surface area contributed by atoms with Crippen molar-refractivity contribution in [1.29, 1.82) is 0 Å². The molecule has 1 aliphatic rings. The van der Waals surface area contributed by atoms with Gasteiger partial charge in [0.15, 0.2) is 0 Å². The highest BCUT2D eigenvalue weighted by atomic mass is 16.1. The third-order valence-electron chi connectivity index (χ3n) is 5.01. The van der Waals surface area contributed by atoms with E-state index in [4.69, 9.17) is 5.73 Å². The van der Waals surface area contributed by atoms with Crippen molar-refractivity contribution in [2.75, 3.05) is 16.4 Å². The predicted octanol–water partition coefficient (Wildman–Crippen LogP) is 4.12. The largest absolute Gasteiger partial charge is 0.399 e. The minimum atomic E-state index is -0.251. The Morgan fingerprint density at radius 3 is 2.48 bits per heavy atom. The number of nitrogen functional groups attached to an aromatic ring is 1. The minimum Gasteiger partial charge on any atom is -0.399 e. The first-order valence-electron chi connectivity index (χ1n) is 9.91. The first-order chi connectivity index (χ1) is 14.2. The van der Waals surface area contributed by atoms with Gasteiger partial charge in [-0.1, -0.05) is 25.3 Å². The topological polar surface area (TPSA) is 106 Å². The lowest BCUT2D eigenvalue weighted by Crippen LogP contribution is -2.24. The van der Waals surface area contributed by atoms with Crippen LogP contribution in [0.1, 0.15) is 42.5 Å². The molecule has 148 valence electrons. The molecule has 1 aromatic carbocycles. The van der Waals surface area contributed by atoms with Crippen molar-refractivity contribution in [2.45, 2.75) is 38.1 Å². The van der Waals surface area contributed by atoms with E-state index < -0.39 is 0 Å². The Balaban J connectivity index is 1.61. The van der Waals surface area contributed by atoms with Gasteiger partial charge >= 0.3 is 0 Å². The summed E-state index contributed by atoms with van der Waals surface area (Å²) in [6.07, 6.45) is 7.61. The number of carbonyl (C=O) groups is 1. The number of rotatable bonds is 5. The van der Waals surface area contributed by atoms with Gasteiger partial charge in [0.25, 0.3) is 5.91 Å². The summed E-state index contributed by atoms with van der Waals surface area (Å²) in [5.74, 6) is 0.688. The van der Waals surface area contributed by atoms with E-state index in [2.05, 4.69) is 25.6 Å². The van der Waals surface area contributed by atoms with E-state index >= 15 is 0 Å². The highest BCUT2D eigenvalue weighted by molar-refractivity contribution is 6.04. The zero-order valence-electron chi connectivity index (χ0n) is 16.1. The zero-order chi connectivity index (χ0) is 20.1. The number of hydrogen-bond acceptors (Lipinski definition) is 6. The van der Waals surface area contributed by atoms with Gasteiger partial charge in [0, 0.05) is 29.6 Å². The molecule has 1 fully saturated rings. The molecule has 2 aromatic heterocycles. The van der Waals surface area contributed by atoms with Gasteiger partial charge in [-0.15, -0.1) is 0 Å². The molecule has 0 bridgehead atoms. The molecule has 1 aliphatic carbocycles. The second-order valence-electron chi connectivity index (χ2n) is 7.23. The maximum absolute atomic E-state index is 12.6. The maximum atomic E-state index is 12.6. The van der Waals surface area contributed by atoms with E-state index in [1.807, 2.05) is 18.2 Å². The van der Waals surface area contributed by atoms with Crippen molar-refractivity contribution in [3.05, 3.63) is 60.3 Å². The molecule has 7 heteroatoms. The molecule has 2 heterocycles. The Kier molecular flexibility index (Phi) is 5.65. The van der Waals surface area contributed by atoms with Gasteiger partial charge in [-0.3, -0.25) is 9.78 Å². The first-order valence-corrected chi connectivity index (χ1v) is 9.91. The van der Waals surface area contributed by atoms with Crippen LogP contribution in [0.4, 0.5) is 17.5 Å². The molecule has 1 saturated carbocycles. The fraction of sp³-hybridized carbons (Fsp3) is 0.273. The summed E-state index contributed by atoms with van der Waals surface area (Å²) in [6.45, 7) is 0. The third kappa shape index (κ3) is 4.87. The van der Waals surface area contributed by atoms with E-state index in [0.717, 1.165) is 18.5 Å². The van der Waals surface area contributed by atoms with Gasteiger partial charge in [-0.25, -0.2) is 4.98 Å². The van der Waals surface area contributed by atoms with Crippen molar-refractivity contribution < 1.29 is 4.79 Å². The van der Waals surface area contributed by atoms with E-state index in [-0.39, 0.29) is 5.91 Å². The molecule has 3 aromatic rings. The summed E-state index contributed by atoms with van der Waals surface area (Å²) in [5, 5.41) is 6.30. The SMILES string of the molecule is Nc1ccc(C(=O)Nc2cc(-c3ccccn3)nc(NC3CCCCC3)n2)cc1. The zero-order valence-corrected chi connectivity index (χ0v) is 16.1. The molecule has 0 unspecified atom stereocenters. The number of amides is 1. The fourth-order valence-corrected chi connectivity index (χ4v) is 3.47. The third-order valence-corrected chi connectivity index (χ3v) is 5.01. The molecule has 4 rings (SSSR count). The molecule has 1 amide bonds. The standard InChI is InChI=1S/C22H24N6O/c23-16-11-9-15(10-12-16)21(29)27-20-14-19(18-8-4-5-13-24-18)26-22(28-20)25-17-6-2-1-3-7-17/h4-5,8-14,17H,1-3,6-7,23H2,(H2,25,26,27,28,29). The summed E-state index contributed by atoms with van der Waals surface area (Å²) in [6, 6.07) is 14.5. The van der Waals surface area contributed by atoms with Crippen molar-refractivity contribution in [3.8, 4) is 11.4 Å². The normalized spacial score (nSPS) is 14.3. The van der Waals surface area contributed by atoms with Crippen LogP contribution in [0.5, 0.6) is 0 Å². The van der Waals surface area contributed by atoms with Crippen molar-refractivity contribution in [2.24, 2.45) is 0 Å². The molecule has 0 aliphatic heterocycles. The number of carbonyl (C=O) groups excluding carboxylic acids is 1. The Morgan fingerprint density at radius 1 is 0.966 bits per heavy atom. The molecular weight excluding hydrogens is 364 g/mol. The molecule has 0 saturated heterocycles. The van der Waals surface area contributed by atoms with Crippen LogP contribution in [0.2, 0.25) is 0 Å². The highest BCUT2D eigenvalue weighted by Gasteiger charge is 2.16. The monoisotopic (exact) mass is 388 g/mol. The summed E-state index contributed by atoms with van der Waals surface area (Å²) in [5.41, 5.74) is 8.21. The molecule has 4 N–H and O–H groups in total. The number of aromatic nitrogens is 3. The van der Waals surface area contributed by atoms with Crippen molar-refractivity contribution in [1.82, 2.24) is 15.0 Å². The van der Waals surface area contributed by atoms with E-state index in [1.165, 1.54) is 19.3 Å². The number of benzene rings is 1. The molecule has 0 radical (unpaired) electrons. The number of nitrogens with two attached hydrogens (primary N) is 1. The fourth-order valence-electron chi connectivity index (χ4n) is 3.47. The average molecular weight is 388 g/mol. The van der Waals surface area contributed by atoms with Crippen LogP contribution >= 0.6 is 0 Å². The number of anilines is 3. The van der Waals surface area contributed by atoms with Crippen molar-refractivity contribution in [3.63, 3.8) is 0 Å². The average Bonchev–Trinajstić information content (AvgIpc) is 2.75. The molecule has 29 heavy (non-hydrogen) atoms. The van der Waals surface area contributed by atoms with E-state index in [0.29, 0.717) is 34.8 Å². The smallest absolute Gasteiger partial charge is 0.256 e. The van der Waals surface area contributed by atoms with Crippen LogP contribution in [-0.2, 0) is 0 Å². The van der Waals surface area contributed by atoms with Crippen LogP contribution in [-0.4, -0.2) is 26.9 Å².